The Morgan fingerprint density at radius 1 is 0.436 bits per heavy atom. The van der Waals surface area contributed by atoms with Crippen LogP contribution in [-0.2, 0) is 5.41 Å². The molecule has 1 aliphatic carbocycles. The van der Waals surface area contributed by atoms with Crippen molar-refractivity contribution in [3.8, 4) is 0 Å². The maximum Gasteiger partial charge on any atom is 0.252 e. The smallest absolute Gasteiger partial charge is 0.252 e. The van der Waals surface area contributed by atoms with Crippen molar-refractivity contribution in [1.82, 2.24) is 0 Å². The Kier molecular flexibility index (Phi) is 7.39. The van der Waals surface area contributed by atoms with Gasteiger partial charge in [-0.1, -0.05) is 124 Å². The van der Waals surface area contributed by atoms with Gasteiger partial charge in [-0.3, -0.25) is 0 Å². The van der Waals surface area contributed by atoms with E-state index in [-0.39, 0.29) is 12.1 Å². The van der Waals surface area contributed by atoms with E-state index in [1.807, 2.05) is 0 Å². The summed E-state index contributed by atoms with van der Waals surface area (Å²) in [6, 6.07) is 61.6. The van der Waals surface area contributed by atoms with Crippen LogP contribution >= 0.6 is 0 Å². The van der Waals surface area contributed by atoms with Crippen LogP contribution in [0.3, 0.4) is 0 Å². The zero-order chi connectivity index (χ0) is 36.7. The maximum atomic E-state index is 2.57. The number of anilines is 9. The number of nitrogens with zero attached hydrogens (tertiary/aromatic N) is 3. The summed E-state index contributed by atoms with van der Waals surface area (Å²) >= 11 is 0. The van der Waals surface area contributed by atoms with E-state index in [2.05, 4.69) is 192 Å². The van der Waals surface area contributed by atoms with Crippen LogP contribution in [0, 0.1) is 0 Å². The van der Waals surface area contributed by atoms with Crippen molar-refractivity contribution in [3.05, 3.63) is 180 Å². The summed E-state index contributed by atoms with van der Waals surface area (Å²) in [5.74, 6) is 0.563. The standard InChI is InChI=1S/C51H44BN3/c1-51(2)40-21-9-13-25-44(40)53(45-26-14-10-22-41(45)51)38-29-31-39(32-30-38)55-47-28-16-12-24-43(47)52-42-23-11-15-27-46(42)54(37-19-7-4-8-20-37)48-33-36(34-49(55)50(48)52)35-17-5-3-6-18-35/h4,7-16,19-35H,3,5-6,17-18H2,1-2H3. The predicted molar refractivity (Wildman–Crippen MR) is 233 cm³/mol. The second-order valence-corrected chi connectivity index (χ2v) is 16.4. The van der Waals surface area contributed by atoms with Crippen molar-refractivity contribution in [3.63, 3.8) is 0 Å². The summed E-state index contributed by atoms with van der Waals surface area (Å²) in [7, 11) is 0. The molecule has 0 saturated heterocycles. The van der Waals surface area contributed by atoms with Crippen LogP contribution < -0.4 is 31.1 Å². The molecule has 11 rings (SSSR count). The molecule has 4 aliphatic rings. The summed E-state index contributed by atoms with van der Waals surface area (Å²) in [5.41, 5.74) is 19.4. The Morgan fingerprint density at radius 2 is 0.855 bits per heavy atom. The van der Waals surface area contributed by atoms with Gasteiger partial charge in [0.25, 0.3) is 6.71 Å². The minimum Gasteiger partial charge on any atom is -0.311 e. The van der Waals surface area contributed by atoms with Crippen LogP contribution in [0.15, 0.2) is 164 Å². The first-order valence-corrected chi connectivity index (χ1v) is 20.2. The summed E-state index contributed by atoms with van der Waals surface area (Å²) in [4.78, 5) is 7.57. The largest absolute Gasteiger partial charge is 0.311 e. The van der Waals surface area contributed by atoms with E-state index in [1.165, 1.54) is 116 Å². The van der Waals surface area contributed by atoms with Crippen molar-refractivity contribution in [2.75, 3.05) is 14.7 Å². The van der Waals surface area contributed by atoms with Gasteiger partial charge in [-0.05, 0) is 125 Å². The van der Waals surface area contributed by atoms with Gasteiger partial charge in [0.1, 0.15) is 0 Å². The average molecular weight is 710 g/mol. The highest BCUT2D eigenvalue weighted by Gasteiger charge is 2.44. The highest BCUT2D eigenvalue weighted by Crippen LogP contribution is 2.52. The van der Waals surface area contributed by atoms with Gasteiger partial charge < -0.3 is 14.7 Å². The van der Waals surface area contributed by atoms with Crippen molar-refractivity contribution >= 4 is 74.3 Å². The number of benzene rings is 7. The van der Waals surface area contributed by atoms with Gasteiger partial charge in [-0.2, -0.15) is 0 Å². The SMILES string of the molecule is CC1(C)c2ccccc2N(c2ccc(N3c4ccccc4B4c5ccccc5N(c5ccccc5)c5cc(C6CCCCC6)cc3c54)cc2)c2ccccc21. The van der Waals surface area contributed by atoms with E-state index < -0.39 is 0 Å². The molecule has 1 fully saturated rings. The molecule has 7 aromatic carbocycles. The number of para-hydroxylation sites is 5. The zero-order valence-corrected chi connectivity index (χ0v) is 31.6. The molecule has 3 aliphatic heterocycles. The molecule has 0 bridgehead atoms. The minimum atomic E-state index is -0.0909. The summed E-state index contributed by atoms with van der Waals surface area (Å²) in [6.07, 6.45) is 6.46. The van der Waals surface area contributed by atoms with Gasteiger partial charge in [0, 0.05) is 45.2 Å². The molecule has 55 heavy (non-hydrogen) atoms. The van der Waals surface area contributed by atoms with Crippen LogP contribution in [0.5, 0.6) is 0 Å². The van der Waals surface area contributed by atoms with Gasteiger partial charge in [0.2, 0.25) is 0 Å². The monoisotopic (exact) mass is 709 g/mol. The Hall–Kier alpha value is -6.00. The fourth-order valence-corrected chi connectivity index (χ4v) is 10.4. The lowest BCUT2D eigenvalue weighted by Crippen LogP contribution is -2.61. The molecular formula is C51H44BN3. The van der Waals surface area contributed by atoms with Gasteiger partial charge >= 0.3 is 0 Å². The fraction of sp³-hybridized carbons (Fsp3) is 0.176. The number of fused-ring (bicyclic) bond motifs is 6. The molecule has 1 saturated carbocycles. The van der Waals surface area contributed by atoms with Crippen LogP contribution in [0.2, 0.25) is 0 Å². The first kappa shape index (κ1) is 32.4. The van der Waals surface area contributed by atoms with Crippen LogP contribution in [0.4, 0.5) is 51.2 Å². The average Bonchev–Trinajstić information content (AvgIpc) is 3.24. The van der Waals surface area contributed by atoms with Crippen molar-refractivity contribution < 1.29 is 0 Å². The van der Waals surface area contributed by atoms with Gasteiger partial charge in [0.15, 0.2) is 0 Å². The molecule has 4 heteroatoms. The van der Waals surface area contributed by atoms with Gasteiger partial charge in [-0.15, -0.1) is 0 Å². The van der Waals surface area contributed by atoms with E-state index in [9.17, 15) is 0 Å². The minimum absolute atomic E-state index is 0.0909. The Morgan fingerprint density at radius 3 is 1.38 bits per heavy atom. The van der Waals surface area contributed by atoms with Crippen molar-refractivity contribution in [2.24, 2.45) is 0 Å². The topological polar surface area (TPSA) is 9.72 Å². The quantitative estimate of drug-likeness (QED) is 0.169. The van der Waals surface area contributed by atoms with E-state index in [0.717, 1.165) is 0 Å². The number of rotatable bonds is 4. The highest BCUT2D eigenvalue weighted by atomic mass is 15.2. The molecule has 0 amide bonds. The Balaban J connectivity index is 1.12. The molecule has 0 radical (unpaired) electrons. The third-order valence-electron chi connectivity index (χ3n) is 13.0. The van der Waals surface area contributed by atoms with Gasteiger partial charge in [-0.25, -0.2) is 0 Å². The molecule has 0 spiro atoms. The normalized spacial score (nSPS) is 16.5. The summed E-state index contributed by atoms with van der Waals surface area (Å²) in [5, 5.41) is 0. The Bertz CT molecular complexity index is 2540. The lowest BCUT2D eigenvalue weighted by Gasteiger charge is -2.45. The fourth-order valence-electron chi connectivity index (χ4n) is 10.4. The van der Waals surface area contributed by atoms with Crippen LogP contribution in [0.25, 0.3) is 0 Å². The lowest BCUT2D eigenvalue weighted by atomic mass is 9.33. The third-order valence-corrected chi connectivity index (χ3v) is 13.0. The van der Waals surface area contributed by atoms with E-state index in [1.54, 1.807) is 0 Å². The molecule has 0 atom stereocenters. The molecule has 7 aromatic rings. The third kappa shape index (κ3) is 4.90. The van der Waals surface area contributed by atoms with Gasteiger partial charge in [0.05, 0.1) is 11.4 Å². The molecule has 3 nitrogen and oxygen atoms in total. The van der Waals surface area contributed by atoms with E-state index >= 15 is 0 Å². The number of hydrogen-bond donors (Lipinski definition) is 0. The molecule has 0 N–H and O–H groups in total. The number of hydrogen-bond acceptors (Lipinski definition) is 3. The Labute approximate surface area is 325 Å². The molecular weight excluding hydrogens is 665 g/mol. The first-order chi connectivity index (χ1) is 27.1. The van der Waals surface area contributed by atoms with E-state index in [4.69, 9.17) is 0 Å². The molecule has 0 aromatic heterocycles. The molecule has 0 unspecified atom stereocenters. The van der Waals surface area contributed by atoms with Crippen molar-refractivity contribution in [1.29, 1.82) is 0 Å². The summed E-state index contributed by atoms with van der Waals surface area (Å²) in [6.45, 7) is 4.84. The maximum absolute atomic E-state index is 2.57. The predicted octanol–water partition coefficient (Wildman–Crippen LogP) is 11.9. The second-order valence-electron chi connectivity index (χ2n) is 16.4. The lowest BCUT2D eigenvalue weighted by molar-refractivity contribution is 0.444. The van der Waals surface area contributed by atoms with Crippen LogP contribution in [0.1, 0.15) is 68.6 Å². The van der Waals surface area contributed by atoms with Crippen LogP contribution in [-0.4, -0.2) is 6.71 Å². The molecule has 266 valence electrons. The highest BCUT2D eigenvalue weighted by molar-refractivity contribution is 7.00. The molecule has 3 heterocycles. The van der Waals surface area contributed by atoms with Crippen molar-refractivity contribution in [2.45, 2.75) is 57.3 Å². The van der Waals surface area contributed by atoms with E-state index in [0.29, 0.717) is 5.92 Å². The zero-order valence-electron chi connectivity index (χ0n) is 31.6. The first-order valence-electron chi connectivity index (χ1n) is 20.2. The summed E-state index contributed by atoms with van der Waals surface area (Å²) < 4.78 is 0. The second kappa shape index (κ2) is 12.5.